The van der Waals surface area contributed by atoms with Crippen molar-refractivity contribution in [3.63, 3.8) is 0 Å². The van der Waals surface area contributed by atoms with E-state index in [9.17, 15) is 9.59 Å². The van der Waals surface area contributed by atoms with Gasteiger partial charge in [0.2, 0.25) is 11.8 Å². The number of hydrogen-bond acceptors (Lipinski definition) is 3. The van der Waals surface area contributed by atoms with Crippen LogP contribution in [0.1, 0.15) is 56.6 Å². The summed E-state index contributed by atoms with van der Waals surface area (Å²) in [6, 6.07) is 14.8. The summed E-state index contributed by atoms with van der Waals surface area (Å²) >= 11 is 13.6. The fraction of sp³-hybridized carbons (Fsp3) is 0.462. The lowest BCUT2D eigenvalue weighted by Gasteiger charge is -2.32. The number of rotatable bonds is 10. The highest BCUT2D eigenvalue weighted by molar-refractivity contribution is 7.99. The third kappa shape index (κ3) is 8.24. The maximum Gasteiger partial charge on any atom is 0.243 e. The van der Waals surface area contributed by atoms with E-state index in [-0.39, 0.29) is 17.9 Å². The van der Waals surface area contributed by atoms with Crippen LogP contribution in [0, 0.1) is 0 Å². The van der Waals surface area contributed by atoms with Crippen LogP contribution in [0.4, 0.5) is 0 Å². The second-order valence-corrected chi connectivity index (χ2v) is 10.4. The van der Waals surface area contributed by atoms with E-state index < -0.39 is 6.04 Å². The minimum Gasteiger partial charge on any atom is -0.352 e. The molecular formula is C26H32Cl2N2O2S. The molecule has 178 valence electrons. The van der Waals surface area contributed by atoms with Gasteiger partial charge < -0.3 is 10.2 Å². The molecule has 2 aromatic rings. The van der Waals surface area contributed by atoms with Crippen LogP contribution >= 0.6 is 35.0 Å². The molecule has 2 amide bonds. The van der Waals surface area contributed by atoms with Crippen LogP contribution in [-0.2, 0) is 21.9 Å². The predicted molar refractivity (Wildman–Crippen MR) is 139 cm³/mol. The number of amides is 2. The zero-order chi connectivity index (χ0) is 23.6. The first-order valence-electron chi connectivity index (χ1n) is 11.6. The van der Waals surface area contributed by atoms with Gasteiger partial charge in [0, 0.05) is 28.4 Å². The molecule has 0 heterocycles. The lowest BCUT2D eigenvalue weighted by Crippen LogP contribution is -2.52. The molecule has 2 aromatic carbocycles. The normalized spacial score (nSPS) is 15.1. The lowest BCUT2D eigenvalue weighted by atomic mass is 9.95. The van der Waals surface area contributed by atoms with Gasteiger partial charge in [0.1, 0.15) is 6.04 Å². The molecule has 0 spiro atoms. The average molecular weight is 508 g/mol. The van der Waals surface area contributed by atoms with E-state index in [1.807, 2.05) is 55.5 Å². The summed E-state index contributed by atoms with van der Waals surface area (Å²) in [6.45, 7) is 2.35. The predicted octanol–water partition coefficient (Wildman–Crippen LogP) is 6.48. The van der Waals surface area contributed by atoms with Crippen LogP contribution in [0.25, 0.3) is 0 Å². The first kappa shape index (κ1) is 25.9. The van der Waals surface area contributed by atoms with Gasteiger partial charge in [-0.25, -0.2) is 0 Å². The van der Waals surface area contributed by atoms with E-state index in [2.05, 4.69) is 5.32 Å². The summed E-state index contributed by atoms with van der Waals surface area (Å²) in [5, 5.41) is 4.56. The van der Waals surface area contributed by atoms with Crippen molar-refractivity contribution in [2.75, 3.05) is 5.75 Å². The largest absolute Gasteiger partial charge is 0.352 e. The van der Waals surface area contributed by atoms with Gasteiger partial charge in [0.05, 0.1) is 5.75 Å². The second kappa shape index (κ2) is 13.3. The lowest BCUT2D eigenvalue weighted by molar-refractivity contribution is -0.139. The number of nitrogens with zero attached hydrogens (tertiary/aromatic N) is 1. The number of carbonyl (C=O) groups excluding carboxylic acids is 2. The Morgan fingerprint density at radius 3 is 2.12 bits per heavy atom. The van der Waals surface area contributed by atoms with E-state index in [4.69, 9.17) is 23.2 Å². The number of carbonyl (C=O) groups is 2. The van der Waals surface area contributed by atoms with E-state index in [0.29, 0.717) is 34.5 Å². The number of thioether (sulfide) groups is 1. The Bertz CT molecular complexity index is 900. The van der Waals surface area contributed by atoms with Gasteiger partial charge in [0.25, 0.3) is 0 Å². The van der Waals surface area contributed by atoms with Crippen LogP contribution < -0.4 is 5.32 Å². The molecule has 1 aliphatic carbocycles. The smallest absolute Gasteiger partial charge is 0.243 e. The molecule has 1 unspecified atom stereocenters. The Morgan fingerprint density at radius 1 is 0.970 bits per heavy atom. The van der Waals surface area contributed by atoms with E-state index in [1.165, 1.54) is 6.42 Å². The molecule has 1 N–H and O–H groups in total. The molecule has 1 aliphatic rings. The molecule has 0 saturated heterocycles. The zero-order valence-corrected chi connectivity index (χ0v) is 21.4. The molecule has 0 aromatic heterocycles. The molecular weight excluding hydrogens is 475 g/mol. The van der Waals surface area contributed by atoms with Crippen molar-refractivity contribution in [1.82, 2.24) is 10.2 Å². The van der Waals surface area contributed by atoms with Crippen molar-refractivity contribution in [3.05, 3.63) is 69.7 Å². The highest BCUT2D eigenvalue weighted by atomic mass is 35.5. The molecule has 33 heavy (non-hydrogen) atoms. The molecule has 0 aliphatic heterocycles. The van der Waals surface area contributed by atoms with Crippen LogP contribution in [0.3, 0.4) is 0 Å². The van der Waals surface area contributed by atoms with E-state index in [0.717, 1.165) is 36.8 Å². The van der Waals surface area contributed by atoms with E-state index in [1.54, 1.807) is 16.7 Å². The summed E-state index contributed by atoms with van der Waals surface area (Å²) in [5.74, 6) is 0.940. The maximum atomic E-state index is 13.3. The van der Waals surface area contributed by atoms with Gasteiger partial charge in [-0.2, -0.15) is 0 Å². The molecule has 1 saturated carbocycles. The Hall–Kier alpha value is -1.69. The van der Waals surface area contributed by atoms with Crippen LogP contribution in [-0.4, -0.2) is 34.6 Å². The summed E-state index contributed by atoms with van der Waals surface area (Å²) in [5.41, 5.74) is 2.07. The van der Waals surface area contributed by atoms with Crippen molar-refractivity contribution in [2.45, 2.75) is 69.8 Å². The molecule has 7 heteroatoms. The monoisotopic (exact) mass is 506 g/mol. The minimum atomic E-state index is -0.494. The second-order valence-electron chi connectivity index (χ2n) is 8.53. The van der Waals surface area contributed by atoms with Crippen LogP contribution in [0.2, 0.25) is 10.0 Å². The first-order chi connectivity index (χ1) is 16.0. The molecule has 3 rings (SSSR count). The average Bonchev–Trinajstić information content (AvgIpc) is 2.82. The molecule has 4 nitrogen and oxygen atoms in total. The quantitative estimate of drug-likeness (QED) is 0.400. The third-order valence-corrected chi connectivity index (χ3v) is 7.50. The van der Waals surface area contributed by atoms with Crippen molar-refractivity contribution in [2.24, 2.45) is 0 Å². The van der Waals surface area contributed by atoms with Gasteiger partial charge >= 0.3 is 0 Å². The third-order valence-electron chi connectivity index (χ3n) is 6.01. The number of benzene rings is 2. The molecule has 1 atom stereocenters. The summed E-state index contributed by atoms with van der Waals surface area (Å²) in [6.07, 6.45) is 6.14. The number of nitrogens with one attached hydrogen (secondary N) is 1. The van der Waals surface area contributed by atoms with Crippen molar-refractivity contribution in [1.29, 1.82) is 0 Å². The van der Waals surface area contributed by atoms with Crippen molar-refractivity contribution < 1.29 is 9.59 Å². The van der Waals surface area contributed by atoms with Gasteiger partial charge in [-0.3, -0.25) is 9.59 Å². The number of hydrogen-bond donors (Lipinski definition) is 1. The number of halogens is 2. The molecule has 0 bridgehead atoms. The molecule has 0 radical (unpaired) electrons. The topological polar surface area (TPSA) is 49.4 Å². The SMILES string of the molecule is CCC(C(=O)NC1CCCCC1)N(Cc1ccc(Cl)cc1)C(=O)CSCc1ccc(Cl)cc1. The summed E-state index contributed by atoms with van der Waals surface area (Å²) in [7, 11) is 0. The highest BCUT2D eigenvalue weighted by Crippen LogP contribution is 2.21. The minimum absolute atomic E-state index is 0.0328. The Kier molecular flexibility index (Phi) is 10.4. The first-order valence-corrected chi connectivity index (χ1v) is 13.5. The maximum absolute atomic E-state index is 13.3. The van der Waals surface area contributed by atoms with Gasteiger partial charge in [-0.05, 0) is 54.7 Å². The fourth-order valence-corrected chi connectivity index (χ4v) is 5.29. The standard InChI is InChI=1S/C26H32Cl2N2O2S/c1-2-24(26(32)29-23-6-4-3-5-7-23)30(16-19-8-12-21(27)13-9-19)25(31)18-33-17-20-10-14-22(28)15-11-20/h8-15,23-24H,2-7,16-18H2,1H3,(H,29,32). The van der Waals surface area contributed by atoms with Crippen LogP contribution in [0.5, 0.6) is 0 Å². The Balaban J connectivity index is 1.68. The van der Waals surface area contributed by atoms with Gasteiger partial charge in [0.15, 0.2) is 0 Å². The fourth-order valence-electron chi connectivity index (χ4n) is 4.17. The van der Waals surface area contributed by atoms with Crippen molar-refractivity contribution >= 4 is 46.8 Å². The summed E-state index contributed by atoms with van der Waals surface area (Å²) < 4.78 is 0. The molecule has 1 fully saturated rings. The van der Waals surface area contributed by atoms with E-state index >= 15 is 0 Å². The van der Waals surface area contributed by atoms with Crippen LogP contribution in [0.15, 0.2) is 48.5 Å². The zero-order valence-electron chi connectivity index (χ0n) is 19.1. The Morgan fingerprint density at radius 2 is 1.55 bits per heavy atom. The van der Waals surface area contributed by atoms with Gasteiger partial charge in [-0.1, -0.05) is 73.7 Å². The highest BCUT2D eigenvalue weighted by Gasteiger charge is 2.30. The van der Waals surface area contributed by atoms with Gasteiger partial charge in [-0.15, -0.1) is 11.8 Å². The van der Waals surface area contributed by atoms with Crippen molar-refractivity contribution in [3.8, 4) is 0 Å². The summed E-state index contributed by atoms with van der Waals surface area (Å²) in [4.78, 5) is 28.3. The Labute approximate surface area is 211 Å².